The van der Waals surface area contributed by atoms with Gasteiger partial charge >= 0.3 is 0 Å². The van der Waals surface area contributed by atoms with Crippen LogP contribution in [0.5, 0.6) is 0 Å². The summed E-state index contributed by atoms with van der Waals surface area (Å²) in [5, 5.41) is 11.4. The molecular formula is C27H30N4O3. The van der Waals surface area contributed by atoms with Gasteiger partial charge in [0.2, 0.25) is 11.8 Å². The molecule has 3 rings (SSSR count). The maximum absolute atomic E-state index is 12.5. The number of aryl methyl sites for hydroxylation is 4. The van der Waals surface area contributed by atoms with Gasteiger partial charge in [0.15, 0.2) is 0 Å². The van der Waals surface area contributed by atoms with E-state index in [0.717, 1.165) is 27.9 Å². The SMILES string of the molecule is Cc1cc(C)c(NC(=O)CNC(=O)CNc2cc(C(=O)Nc3ccccc3)ccc2C)c(C)c1. The molecule has 34 heavy (non-hydrogen) atoms. The molecule has 0 aliphatic carbocycles. The maximum atomic E-state index is 12.5. The van der Waals surface area contributed by atoms with Crippen LogP contribution in [0.4, 0.5) is 17.1 Å². The summed E-state index contributed by atoms with van der Waals surface area (Å²) in [4.78, 5) is 37.2. The number of para-hydroxylation sites is 1. The lowest BCUT2D eigenvalue weighted by molar-refractivity contribution is -0.122. The molecule has 0 saturated carbocycles. The number of nitrogens with one attached hydrogen (secondary N) is 4. The van der Waals surface area contributed by atoms with E-state index in [1.807, 2.05) is 76.2 Å². The smallest absolute Gasteiger partial charge is 0.255 e. The van der Waals surface area contributed by atoms with Crippen LogP contribution in [0.15, 0.2) is 60.7 Å². The molecule has 0 heterocycles. The summed E-state index contributed by atoms with van der Waals surface area (Å²) in [6, 6.07) is 18.5. The van der Waals surface area contributed by atoms with Gasteiger partial charge in [-0.15, -0.1) is 0 Å². The first kappa shape index (κ1) is 24.5. The molecule has 0 aliphatic heterocycles. The molecule has 0 fully saturated rings. The van der Waals surface area contributed by atoms with Gasteiger partial charge in [0.1, 0.15) is 0 Å². The fourth-order valence-corrected chi connectivity index (χ4v) is 3.66. The number of carbonyl (C=O) groups excluding carboxylic acids is 3. The zero-order valence-electron chi connectivity index (χ0n) is 19.9. The van der Waals surface area contributed by atoms with E-state index in [1.165, 1.54) is 0 Å². The summed E-state index contributed by atoms with van der Waals surface area (Å²) in [5.41, 5.74) is 6.60. The van der Waals surface area contributed by atoms with Gasteiger partial charge in [-0.2, -0.15) is 0 Å². The number of amides is 3. The monoisotopic (exact) mass is 458 g/mol. The van der Waals surface area contributed by atoms with Crippen molar-refractivity contribution >= 4 is 34.8 Å². The molecule has 3 aromatic carbocycles. The lowest BCUT2D eigenvalue weighted by Gasteiger charge is -2.14. The number of hydrogen-bond acceptors (Lipinski definition) is 4. The number of hydrogen-bond donors (Lipinski definition) is 4. The predicted octanol–water partition coefficient (Wildman–Crippen LogP) is 4.34. The second-order valence-corrected chi connectivity index (χ2v) is 8.30. The Hall–Kier alpha value is -4.13. The Kier molecular flexibility index (Phi) is 8.03. The number of carbonyl (C=O) groups is 3. The number of rotatable bonds is 8. The van der Waals surface area contributed by atoms with Crippen LogP contribution in [-0.4, -0.2) is 30.8 Å². The fourth-order valence-electron chi connectivity index (χ4n) is 3.66. The average molecular weight is 459 g/mol. The van der Waals surface area contributed by atoms with Crippen molar-refractivity contribution in [3.63, 3.8) is 0 Å². The lowest BCUT2D eigenvalue weighted by atomic mass is 10.1. The molecular weight excluding hydrogens is 428 g/mol. The fraction of sp³-hybridized carbons (Fsp3) is 0.222. The van der Waals surface area contributed by atoms with Crippen LogP contribution in [0.3, 0.4) is 0 Å². The summed E-state index contributed by atoms with van der Waals surface area (Å²) >= 11 is 0. The van der Waals surface area contributed by atoms with Crippen molar-refractivity contribution in [2.75, 3.05) is 29.0 Å². The van der Waals surface area contributed by atoms with Gasteiger partial charge in [0.05, 0.1) is 13.1 Å². The van der Waals surface area contributed by atoms with Crippen molar-refractivity contribution in [1.29, 1.82) is 0 Å². The Labute approximate surface area is 200 Å². The van der Waals surface area contributed by atoms with Crippen LogP contribution in [0.1, 0.15) is 32.6 Å². The lowest BCUT2D eigenvalue weighted by Crippen LogP contribution is -2.36. The van der Waals surface area contributed by atoms with E-state index >= 15 is 0 Å². The van der Waals surface area contributed by atoms with E-state index in [9.17, 15) is 14.4 Å². The average Bonchev–Trinajstić information content (AvgIpc) is 2.80. The van der Waals surface area contributed by atoms with Gasteiger partial charge in [-0.1, -0.05) is 42.0 Å². The minimum absolute atomic E-state index is 0.0273. The van der Waals surface area contributed by atoms with Gasteiger partial charge < -0.3 is 21.3 Å². The molecule has 0 saturated heterocycles. The zero-order valence-corrected chi connectivity index (χ0v) is 19.9. The molecule has 0 aliphatic rings. The van der Waals surface area contributed by atoms with Crippen molar-refractivity contribution in [3.8, 4) is 0 Å². The standard InChI is InChI=1S/C27H30N4O3/c1-17-12-19(3)26(20(4)13-17)31-25(33)16-29-24(32)15-28-23-14-21(11-10-18(23)2)27(34)30-22-8-6-5-7-9-22/h5-14,28H,15-16H2,1-4H3,(H,29,32)(H,30,34)(H,31,33). The summed E-state index contributed by atoms with van der Waals surface area (Å²) in [6.45, 7) is 7.61. The Morgan fingerprint density at radius 2 is 1.38 bits per heavy atom. The minimum Gasteiger partial charge on any atom is -0.376 e. The van der Waals surface area contributed by atoms with E-state index in [2.05, 4.69) is 21.3 Å². The highest BCUT2D eigenvalue weighted by atomic mass is 16.2. The molecule has 7 heteroatoms. The van der Waals surface area contributed by atoms with E-state index in [0.29, 0.717) is 16.9 Å². The van der Waals surface area contributed by atoms with Gasteiger partial charge in [-0.25, -0.2) is 0 Å². The highest BCUT2D eigenvalue weighted by Gasteiger charge is 2.12. The zero-order chi connectivity index (χ0) is 24.7. The minimum atomic E-state index is -0.328. The van der Waals surface area contributed by atoms with Crippen LogP contribution in [0.2, 0.25) is 0 Å². The van der Waals surface area contributed by atoms with Crippen LogP contribution < -0.4 is 21.3 Å². The van der Waals surface area contributed by atoms with E-state index in [1.54, 1.807) is 12.1 Å². The summed E-state index contributed by atoms with van der Waals surface area (Å²) in [6.07, 6.45) is 0. The molecule has 7 nitrogen and oxygen atoms in total. The topological polar surface area (TPSA) is 99.3 Å². The third-order valence-corrected chi connectivity index (χ3v) is 5.36. The molecule has 0 atom stereocenters. The number of anilines is 3. The Morgan fingerprint density at radius 3 is 2.06 bits per heavy atom. The van der Waals surface area contributed by atoms with E-state index in [4.69, 9.17) is 0 Å². The Balaban J connectivity index is 1.52. The molecule has 3 aromatic rings. The normalized spacial score (nSPS) is 10.4. The molecule has 0 bridgehead atoms. The molecule has 0 aromatic heterocycles. The molecule has 0 unspecified atom stereocenters. The van der Waals surface area contributed by atoms with Crippen LogP contribution in [-0.2, 0) is 9.59 Å². The second kappa shape index (κ2) is 11.1. The summed E-state index contributed by atoms with van der Waals surface area (Å²) < 4.78 is 0. The van der Waals surface area contributed by atoms with E-state index in [-0.39, 0.29) is 30.8 Å². The largest absolute Gasteiger partial charge is 0.376 e. The second-order valence-electron chi connectivity index (χ2n) is 8.30. The molecule has 0 radical (unpaired) electrons. The first-order valence-electron chi connectivity index (χ1n) is 11.1. The van der Waals surface area contributed by atoms with Crippen LogP contribution in [0, 0.1) is 27.7 Å². The molecule has 3 amide bonds. The van der Waals surface area contributed by atoms with Gasteiger partial charge in [-0.3, -0.25) is 14.4 Å². The quantitative estimate of drug-likeness (QED) is 0.404. The molecule has 4 N–H and O–H groups in total. The molecule has 176 valence electrons. The van der Waals surface area contributed by atoms with Crippen molar-refractivity contribution in [2.45, 2.75) is 27.7 Å². The van der Waals surface area contributed by atoms with E-state index < -0.39 is 0 Å². The predicted molar refractivity (Wildman–Crippen MR) is 136 cm³/mol. The van der Waals surface area contributed by atoms with Crippen molar-refractivity contribution in [3.05, 3.63) is 88.5 Å². The first-order chi connectivity index (χ1) is 16.2. The Bertz CT molecular complexity index is 1180. The summed E-state index contributed by atoms with van der Waals surface area (Å²) in [7, 11) is 0. The van der Waals surface area contributed by atoms with Crippen molar-refractivity contribution < 1.29 is 14.4 Å². The van der Waals surface area contributed by atoms with Crippen LogP contribution in [0.25, 0.3) is 0 Å². The maximum Gasteiger partial charge on any atom is 0.255 e. The van der Waals surface area contributed by atoms with Gasteiger partial charge in [0.25, 0.3) is 5.91 Å². The van der Waals surface area contributed by atoms with Crippen molar-refractivity contribution in [2.24, 2.45) is 0 Å². The highest BCUT2D eigenvalue weighted by Crippen LogP contribution is 2.22. The van der Waals surface area contributed by atoms with Gasteiger partial charge in [0, 0.05) is 22.6 Å². The summed E-state index contributed by atoms with van der Waals surface area (Å²) in [5.74, 6) is -0.859. The van der Waals surface area contributed by atoms with Crippen LogP contribution >= 0.6 is 0 Å². The third-order valence-electron chi connectivity index (χ3n) is 5.36. The van der Waals surface area contributed by atoms with Gasteiger partial charge in [-0.05, 0) is 68.7 Å². The third kappa shape index (κ3) is 6.68. The van der Waals surface area contributed by atoms with Crippen molar-refractivity contribution in [1.82, 2.24) is 5.32 Å². The number of benzene rings is 3. The first-order valence-corrected chi connectivity index (χ1v) is 11.1. The Morgan fingerprint density at radius 1 is 0.706 bits per heavy atom. The molecule has 0 spiro atoms. The highest BCUT2D eigenvalue weighted by molar-refractivity contribution is 6.05.